The smallest absolute Gasteiger partial charge is 0.304 e. The van der Waals surface area contributed by atoms with Gasteiger partial charge in [0.25, 0.3) is 0 Å². The van der Waals surface area contributed by atoms with Gasteiger partial charge in [-0.3, -0.25) is 4.79 Å². The largest absolute Gasteiger partial charge is 0.494 e. The SMILES string of the molecule is CS(=O)(=O)CCCOc1ccc2c(c1)COCc1ccc(COc3ccc4c(c3)OC[C@H]4CC(=O)O)cc1-2. The van der Waals surface area contributed by atoms with Crippen molar-refractivity contribution in [2.75, 3.05) is 25.2 Å². The van der Waals surface area contributed by atoms with Crippen LogP contribution in [-0.2, 0) is 39.2 Å². The molecular weight excluding hydrogens is 508 g/mol. The Morgan fingerprint density at radius 1 is 0.974 bits per heavy atom. The zero-order valence-corrected chi connectivity index (χ0v) is 22.0. The molecule has 2 aliphatic heterocycles. The maximum absolute atomic E-state index is 11.3. The van der Waals surface area contributed by atoms with Gasteiger partial charge in [-0.25, -0.2) is 8.42 Å². The molecule has 0 fully saturated rings. The molecule has 0 bridgehead atoms. The summed E-state index contributed by atoms with van der Waals surface area (Å²) in [4.78, 5) is 11.1. The molecule has 0 spiro atoms. The summed E-state index contributed by atoms with van der Waals surface area (Å²) in [5.41, 5.74) is 6.15. The van der Waals surface area contributed by atoms with Crippen molar-refractivity contribution in [1.29, 1.82) is 0 Å². The Morgan fingerprint density at radius 3 is 2.58 bits per heavy atom. The Morgan fingerprint density at radius 2 is 1.76 bits per heavy atom. The molecule has 3 aromatic rings. The second-order valence-corrected chi connectivity index (χ2v) is 12.0. The fraction of sp³-hybridized carbons (Fsp3) is 0.345. The number of hydrogen-bond donors (Lipinski definition) is 1. The fourth-order valence-corrected chi connectivity index (χ4v) is 5.45. The maximum Gasteiger partial charge on any atom is 0.304 e. The van der Waals surface area contributed by atoms with E-state index in [9.17, 15) is 13.2 Å². The highest BCUT2D eigenvalue weighted by Crippen LogP contribution is 2.39. The molecule has 0 amide bonds. The molecule has 0 unspecified atom stereocenters. The van der Waals surface area contributed by atoms with Crippen molar-refractivity contribution in [2.45, 2.75) is 38.6 Å². The topological polar surface area (TPSA) is 108 Å². The van der Waals surface area contributed by atoms with Gasteiger partial charge in [0, 0.05) is 23.8 Å². The second kappa shape index (κ2) is 11.0. The van der Waals surface area contributed by atoms with Gasteiger partial charge in [0.15, 0.2) is 0 Å². The summed E-state index contributed by atoms with van der Waals surface area (Å²) in [6.45, 7) is 2.01. The standard InChI is InChI=1S/C29H30O8S/c1-38(32,33)10-2-9-35-23-5-7-25-21(12-23)17-34-16-20-4-3-19(11-27(20)25)15-36-24-6-8-26-22(13-29(30)31)18-37-28(26)14-24/h3-8,11-12,14,22H,2,9-10,13,15-18H2,1H3,(H,30,31)/t22-/m1/s1. The number of fused-ring (bicyclic) bond motifs is 4. The minimum Gasteiger partial charge on any atom is -0.494 e. The van der Waals surface area contributed by atoms with Crippen molar-refractivity contribution in [3.63, 3.8) is 0 Å². The molecule has 1 atom stereocenters. The molecule has 200 valence electrons. The zero-order chi connectivity index (χ0) is 26.7. The number of carboxylic acid groups (broad SMARTS) is 1. The van der Waals surface area contributed by atoms with Crippen LogP contribution in [0.25, 0.3) is 11.1 Å². The van der Waals surface area contributed by atoms with Gasteiger partial charge in [-0.2, -0.15) is 0 Å². The summed E-state index contributed by atoms with van der Waals surface area (Å²) in [7, 11) is -3.00. The van der Waals surface area contributed by atoms with Crippen LogP contribution in [0.5, 0.6) is 17.2 Å². The predicted molar refractivity (Wildman–Crippen MR) is 141 cm³/mol. The lowest BCUT2D eigenvalue weighted by molar-refractivity contribution is -0.137. The van der Waals surface area contributed by atoms with Crippen LogP contribution in [-0.4, -0.2) is 44.7 Å². The van der Waals surface area contributed by atoms with Gasteiger partial charge in [0.05, 0.1) is 38.6 Å². The molecular formula is C29H30O8S. The minimum atomic E-state index is -3.00. The van der Waals surface area contributed by atoms with Crippen LogP contribution in [0.4, 0.5) is 0 Å². The van der Waals surface area contributed by atoms with Crippen LogP contribution in [0.1, 0.15) is 41.0 Å². The lowest BCUT2D eigenvalue weighted by Crippen LogP contribution is -2.08. The van der Waals surface area contributed by atoms with E-state index < -0.39 is 15.8 Å². The van der Waals surface area contributed by atoms with E-state index in [1.807, 2.05) is 42.5 Å². The van der Waals surface area contributed by atoms with Crippen LogP contribution in [0.15, 0.2) is 54.6 Å². The molecule has 0 saturated heterocycles. The highest BCUT2D eigenvalue weighted by Gasteiger charge is 2.26. The normalized spacial score (nSPS) is 16.0. The predicted octanol–water partition coefficient (Wildman–Crippen LogP) is 4.73. The fourth-order valence-electron chi connectivity index (χ4n) is 4.81. The molecule has 9 heteroatoms. The molecule has 8 nitrogen and oxygen atoms in total. The van der Waals surface area contributed by atoms with Gasteiger partial charge >= 0.3 is 5.97 Å². The summed E-state index contributed by atoms with van der Waals surface area (Å²) < 4.78 is 46.1. The third kappa shape index (κ3) is 6.28. The van der Waals surface area contributed by atoms with Crippen LogP contribution in [0, 0.1) is 0 Å². The number of aliphatic carboxylic acids is 1. The molecule has 0 radical (unpaired) electrons. The third-order valence-corrected chi connectivity index (χ3v) is 7.71. The van der Waals surface area contributed by atoms with E-state index in [0.717, 1.165) is 33.4 Å². The average Bonchev–Trinajstić information content (AvgIpc) is 3.17. The van der Waals surface area contributed by atoms with E-state index in [0.29, 0.717) is 56.7 Å². The molecule has 2 aliphatic rings. The Balaban J connectivity index is 1.27. The van der Waals surface area contributed by atoms with E-state index in [1.54, 1.807) is 0 Å². The van der Waals surface area contributed by atoms with E-state index in [2.05, 4.69) is 12.1 Å². The molecule has 5 rings (SSSR count). The van der Waals surface area contributed by atoms with Crippen LogP contribution < -0.4 is 14.2 Å². The van der Waals surface area contributed by atoms with Crippen LogP contribution in [0.3, 0.4) is 0 Å². The average molecular weight is 539 g/mol. The van der Waals surface area contributed by atoms with Crippen molar-refractivity contribution in [3.8, 4) is 28.4 Å². The van der Waals surface area contributed by atoms with E-state index in [-0.39, 0.29) is 18.1 Å². The Bertz CT molecular complexity index is 1450. The molecule has 38 heavy (non-hydrogen) atoms. The first-order chi connectivity index (χ1) is 18.2. The number of carboxylic acids is 1. The Hall–Kier alpha value is -3.56. The number of sulfone groups is 1. The number of rotatable bonds is 10. The van der Waals surface area contributed by atoms with Crippen molar-refractivity contribution >= 4 is 15.8 Å². The monoisotopic (exact) mass is 538 g/mol. The third-order valence-electron chi connectivity index (χ3n) is 6.68. The Labute approximate surface area is 222 Å². The number of benzene rings is 3. The van der Waals surface area contributed by atoms with Gasteiger partial charge in [-0.05, 0) is 58.5 Å². The Kier molecular flexibility index (Phi) is 7.58. The summed E-state index contributed by atoms with van der Waals surface area (Å²) in [5, 5.41) is 9.10. The first kappa shape index (κ1) is 26.1. The molecule has 0 saturated carbocycles. The van der Waals surface area contributed by atoms with E-state index >= 15 is 0 Å². The van der Waals surface area contributed by atoms with E-state index in [4.69, 9.17) is 24.1 Å². The van der Waals surface area contributed by atoms with Gasteiger partial charge in [0.1, 0.15) is 33.7 Å². The second-order valence-electron chi connectivity index (χ2n) is 9.73. The van der Waals surface area contributed by atoms with Crippen LogP contribution in [0.2, 0.25) is 0 Å². The van der Waals surface area contributed by atoms with Crippen LogP contribution >= 0.6 is 0 Å². The molecule has 0 aromatic heterocycles. The lowest BCUT2D eigenvalue weighted by Gasteiger charge is -2.14. The number of hydrogen-bond acceptors (Lipinski definition) is 7. The first-order valence-corrected chi connectivity index (χ1v) is 14.6. The highest BCUT2D eigenvalue weighted by molar-refractivity contribution is 7.90. The van der Waals surface area contributed by atoms with Crippen molar-refractivity contribution in [2.24, 2.45) is 0 Å². The maximum atomic E-state index is 11.3. The summed E-state index contributed by atoms with van der Waals surface area (Å²) in [5.74, 6) is 1.15. The number of carbonyl (C=O) groups is 1. The first-order valence-electron chi connectivity index (χ1n) is 12.5. The molecule has 1 N–H and O–H groups in total. The van der Waals surface area contributed by atoms with Gasteiger partial charge < -0.3 is 24.1 Å². The van der Waals surface area contributed by atoms with Gasteiger partial charge in [0.2, 0.25) is 0 Å². The van der Waals surface area contributed by atoms with Crippen molar-refractivity contribution in [3.05, 3.63) is 76.9 Å². The van der Waals surface area contributed by atoms with Gasteiger partial charge in [-0.15, -0.1) is 0 Å². The molecule has 3 aromatic carbocycles. The summed E-state index contributed by atoms with van der Waals surface area (Å²) in [6, 6.07) is 17.6. The molecule has 0 aliphatic carbocycles. The highest BCUT2D eigenvalue weighted by atomic mass is 32.2. The minimum absolute atomic E-state index is 0.0460. The van der Waals surface area contributed by atoms with Crippen molar-refractivity contribution in [1.82, 2.24) is 0 Å². The summed E-state index contributed by atoms with van der Waals surface area (Å²) in [6.07, 6.45) is 1.71. The van der Waals surface area contributed by atoms with Gasteiger partial charge in [-0.1, -0.05) is 24.3 Å². The zero-order valence-electron chi connectivity index (χ0n) is 21.1. The van der Waals surface area contributed by atoms with E-state index in [1.165, 1.54) is 6.26 Å². The number of ether oxygens (including phenoxy) is 4. The molecule has 2 heterocycles. The quantitative estimate of drug-likeness (QED) is 0.369. The lowest BCUT2D eigenvalue weighted by atomic mass is 9.95. The van der Waals surface area contributed by atoms with Crippen molar-refractivity contribution < 1.29 is 37.3 Å². The summed E-state index contributed by atoms with van der Waals surface area (Å²) >= 11 is 0.